The Balaban J connectivity index is 1.52. The van der Waals surface area contributed by atoms with Gasteiger partial charge in [-0.15, -0.1) is 0 Å². The molecule has 9 heteroatoms. The molecule has 1 aromatic heterocycles. The summed E-state index contributed by atoms with van der Waals surface area (Å²) in [4.78, 5) is 37.3. The molecule has 0 radical (unpaired) electrons. The molecule has 0 bridgehead atoms. The van der Waals surface area contributed by atoms with Crippen LogP contribution >= 0.6 is 0 Å². The summed E-state index contributed by atoms with van der Waals surface area (Å²) in [7, 11) is 0. The average molecular weight is 438 g/mol. The highest BCUT2D eigenvalue weighted by Crippen LogP contribution is 2.23. The second-order valence-electron chi connectivity index (χ2n) is 7.30. The number of benzene rings is 1. The molecule has 0 atom stereocenters. The van der Waals surface area contributed by atoms with Crippen molar-refractivity contribution in [3.05, 3.63) is 42.7 Å². The first-order chi connectivity index (χ1) is 15.6. The number of esters is 1. The van der Waals surface area contributed by atoms with Gasteiger partial charge in [-0.3, -0.25) is 9.59 Å². The minimum atomic E-state index is -0.376. The molecule has 32 heavy (non-hydrogen) atoms. The number of piperidine rings is 1. The Morgan fingerprint density at radius 3 is 2.50 bits per heavy atom. The fourth-order valence-electron chi connectivity index (χ4n) is 3.55. The van der Waals surface area contributed by atoms with Gasteiger partial charge >= 0.3 is 5.97 Å². The number of nitrogens with zero attached hydrogens (tertiary/aromatic N) is 5. The number of ether oxygens (including phenoxy) is 2. The van der Waals surface area contributed by atoms with Crippen molar-refractivity contribution in [3.63, 3.8) is 0 Å². The Bertz CT molecular complexity index is 922. The molecule has 0 unspecified atom stereocenters. The fourth-order valence-corrected chi connectivity index (χ4v) is 3.55. The summed E-state index contributed by atoms with van der Waals surface area (Å²) in [5.74, 6) is 0.341. The van der Waals surface area contributed by atoms with Crippen molar-refractivity contribution in [3.8, 4) is 11.8 Å². The molecule has 1 aromatic carbocycles. The van der Waals surface area contributed by atoms with Gasteiger partial charge in [0.05, 0.1) is 25.0 Å². The molecule has 0 spiro atoms. The minimum Gasteiger partial charge on any atom is -0.494 e. The van der Waals surface area contributed by atoms with Crippen molar-refractivity contribution in [2.75, 3.05) is 42.6 Å². The third-order valence-electron chi connectivity index (χ3n) is 5.21. The van der Waals surface area contributed by atoms with E-state index < -0.39 is 0 Å². The standard InChI is InChI=1S/C23H27N5O4/c1-2-31-20-7-5-19(6-8-20)28(14-3-11-24)21(29)17-32-22(30)18-9-15-27(16-10-18)23-25-12-4-13-26-23/h4-8,12-13,18H,2-3,9-10,14-17H2,1H3. The molecule has 1 aliphatic heterocycles. The van der Waals surface area contributed by atoms with Crippen LogP contribution in [0.2, 0.25) is 0 Å². The van der Waals surface area contributed by atoms with E-state index in [1.54, 1.807) is 42.7 Å². The Labute approximate surface area is 187 Å². The van der Waals surface area contributed by atoms with Gasteiger partial charge in [0.2, 0.25) is 5.95 Å². The van der Waals surface area contributed by atoms with Crippen LogP contribution in [0.5, 0.6) is 5.75 Å². The van der Waals surface area contributed by atoms with Crippen LogP contribution in [-0.2, 0) is 14.3 Å². The van der Waals surface area contributed by atoms with E-state index in [1.807, 2.05) is 17.9 Å². The maximum atomic E-state index is 12.8. The number of anilines is 2. The van der Waals surface area contributed by atoms with Gasteiger partial charge in [-0.05, 0) is 50.1 Å². The first kappa shape index (κ1) is 23.0. The number of hydrogen-bond donors (Lipinski definition) is 0. The normalized spacial score (nSPS) is 13.8. The lowest BCUT2D eigenvalue weighted by molar-refractivity contribution is -0.152. The van der Waals surface area contributed by atoms with Crippen LogP contribution < -0.4 is 14.5 Å². The van der Waals surface area contributed by atoms with Gasteiger partial charge in [0, 0.05) is 37.7 Å². The van der Waals surface area contributed by atoms with Crippen LogP contribution in [0.1, 0.15) is 26.2 Å². The Morgan fingerprint density at radius 1 is 1.19 bits per heavy atom. The third kappa shape index (κ3) is 6.17. The molecule has 1 fully saturated rings. The van der Waals surface area contributed by atoms with Crippen molar-refractivity contribution in [2.24, 2.45) is 5.92 Å². The van der Waals surface area contributed by atoms with E-state index in [9.17, 15) is 9.59 Å². The molecule has 168 valence electrons. The first-order valence-corrected chi connectivity index (χ1v) is 10.7. The van der Waals surface area contributed by atoms with Gasteiger partial charge in [-0.25, -0.2) is 9.97 Å². The monoisotopic (exact) mass is 437 g/mol. The molecular weight excluding hydrogens is 410 g/mol. The van der Waals surface area contributed by atoms with E-state index in [2.05, 4.69) is 9.97 Å². The zero-order chi connectivity index (χ0) is 22.8. The number of nitriles is 1. The van der Waals surface area contributed by atoms with E-state index in [4.69, 9.17) is 14.7 Å². The number of carbonyl (C=O) groups is 2. The van der Waals surface area contributed by atoms with E-state index in [-0.39, 0.29) is 37.4 Å². The van der Waals surface area contributed by atoms with Crippen molar-refractivity contribution in [1.82, 2.24) is 9.97 Å². The number of aromatic nitrogens is 2. The van der Waals surface area contributed by atoms with E-state index >= 15 is 0 Å². The van der Waals surface area contributed by atoms with Crippen molar-refractivity contribution >= 4 is 23.5 Å². The Kier molecular flexibility index (Phi) is 8.37. The Morgan fingerprint density at radius 2 is 1.88 bits per heavy atom. The van der Waals surface area contributed by atoms with Crippen molar-refractivity contribution < 1.29 is 19.1 Å². The number of rotatable bonds is 9. The molecule has 0 saturated carbocycles. The zero-order valence-electron chi connectivity index (χ0n) is 18.1. The van der Waals surface area contributed by atoms with Crippen LogP contribution in [0, 0.1) is 17.2 Å². The van der Waals surface area contributed by atoms with Crippen LogP contribution in [-0.4, -0.2) is 54.7 Å². The maximum Gasteiger partial charge on any atom is 0.309 e. The summed E-state index contributed by atoms with van der Waals surface area (Å²) in [5.41, 5.74) is 0.626. The smallest absolute Gasteiger partial charge is 0.309 e. The van der Waals surface area contributed by atoms with Gasteiger partial charge in [0.25, 0.3) is 5.91 Å². The summed E-state index contributed by atoms with van der Waals surface area (Å²) in [6.45, 7) is 3.60. The van der Waals surface area contributed by atoms with Gasteiger partial charge < -0.3 is 19.3 Å². The molecule has 1 amide bonds. The number of amides is 1. The maximum absolute atomic E-state index is 12.8. The highest BCUT2D eigenvalue weighted by molar-refractivity contribution is 5.95. The van der Waals surface area contributed by atoms with E-state index in [0.29, 0.717) is 49.9 Å². The predicted molar refractivity (Wildman–Crippen MR) is 118 cm³/mol. The number of carbonyl (C=O) groups excluding carboxylic acids is 2. The third-order valence-corrected chi connectivity index (χ3v) is 5.21. The number of hydrogen-bond acceptors (Lipinski definition) is 8. The summed E-state index contributed by atoms with van der Waals surface area (Å²) < 4.78 is 10.8. The van der Waals surface area contributed by atoms with Crippen molar-refractivity contribution in [2.45, 2.75) is 26.2 Å². The quantitative estimate of drug-likeness (QED) is 0.551. The predicted octanol–water partition coefficient (Wildman–Crippen LogP) is 2.58. The highest BCUT2D eigenvalue weighted by atomic mass is 16.5. The SMILES string of the molecule is CCOc1ccc(N(CCC#N)C(=O)COC(=O)C2CCN(c3ncccn3)CC2)cc1. The molecule has 9 nitrogen and oxygen atoms in total. The van der Waals surface area contributed by atoms with E-state index in [0.717, 1.165) is 0 Å². The lowest BCUT2D eigenvalue weighted by Gasteiger charge is -2.30. The molecule has 0 N–H and O–H groups in total. The summed E-state index contributed by atoms with van der Waals surface area (Å²) in [5, 5.41) is 8.94. The highest BCUT2D eigenvalue weighted by Gasteiger charge is 2.28. The molecule has 0 aliphatic carbocycles. The molecule has 2 heterocycles. The minimum absolute atomic E-state index is 0.174. The van der Waals surface area contributed by atoms with Gasteiger partial charge in [0.15, 0.2) is 6.61 Å². The lowest BCUT2D eigenvalue weighted by Crippen LogP contribution is -2.39. The molecule has 3 rings (SSSR count). The van der Waals surface area contributed by atoms with Crippen LogP contribution in [0.15, 0.2) is 42.7 Å². The molecule has 2 aromatic rings. The van der Waals surface area contributed by atoms with Crippen LogP contribution in [0.3, 0.4) is 0 Å². The van der Waals surface area contributed by atoms with Crippen LogP contribution in [0.4, 0.5) is 11.6 Å². The topological polar surface area (TPSA) is 109 Å². The summed E-state index contributed by atoms with van der Waals surface area (Å²) in [6, 6.07) is 10.8. The van der Waals surface area contributed by atoms with Crippen molar-refractivity contribution in [1.29, 1.82) is 5.26 Å². The molecule has 1 saturated heterocycles. The second kappa shape index (κ2) is 11.6. The van der Waals surface area contributed by atoms with Gasteiger partial charge in [-0.1, -0.05) is 0 Å². The zero-order valence-corrected chi connectivity index (χ0v) is 18.1. The summed E-state index contributed by atoms with van der Waals surface area (Å²) in [6.07, 6.45) is 4.78. The van der Waals surface area contributed by atoms with Gasteiger partial charge in [-0.2, -0.15) is 5.26 Å². The fraction of sp³-hybridized carbons (Fsp3) is 0.435. The molecule has 1 aliphatic rings. The largest absolute Gasteiger partial charge is 0.494 e. The first-order valence-electron chi connectivity index (χ1n) is 10.7. The molecular formula is C23H27N5O4. The average Bonchev–Trinajstić information content (AvgIpc) is 2.84. The second-order valence-corrected chi connectivity index (χ2v) is 7.30. The van der Waals surface area contributed by atoms with Gasteiger partial charge in [0.1, 0.15) is 5.75 Å². The lowest BCUT2D eigenvalue weighted by atomic mass is 9.97. The van der Waals surface area contributed by atoms with E-state index in [1.165, 1.54) is 4.90 Å². The van der Waals surface area contributed by atoms with Crippen LogP contribution in [0.25, 0.3) is 0 Å². The summed E-state index contributed by atoms with van der Waals surface area (Å²) >= 11 is 0. The Hall–Kier alpha value is -3.67.